The summed E-state index contributed by atoms with van der Waals surface area (Å²) in [5.41, 5.74) is 0. The molecule has 1 heterocycles. The van der Waals surface area contributed by atoms with E-state index in [9.17, 15) is 0 Å². The summed E-state index contributed by atoms with van der Waals surface area (Å²) in [5, 5.41) is 0.812. The van der Waals surface area contributed by atoms with Crippen LogP contribution in [-0.4, -0.2) is 0 Å². The Balaban J connectivity index is 3.29. The lowest BCUT2D eigenvalue weighted by molar-refractivity contribution is 1.62. The Morgan fingerprint density at radius 2 is 2.00 bits per heavy atom. The molecule has 0 radical (unpaired) electrons. The minimum absolute atomic E-state index is 0.812. The first-order chi connectivity index (χ1) is 4.13. The van der Waals surface area contributed by atoms with Gasteiger partial charge < -0.3 is 0 Å². The smallest absolute Gasteiger partial charge is 0.0858 e. The van der Waals surface area contributed by atoms with Gasteiger partial charge in [-0.15, -0.1) is 11.3 Å². The summed E-state index contributed by atoms with van der Waals surface area (Å²) < 4.78 is 2.02. The third kappa shape index (κ3) is 1.50. The van der Waals surface area contributed by atoms with E-state index in [4.69, 9.17) is 11.6 Å². The third-order valence-electron chi connectivity index (χ3n) is 0.917. The van der Waals surface area contributed by atoms with Crippen LogP contribution in [0.2, 0.25) is 5.02 Å². The van der Waals surface area contributed by atoms with Crippen molar-refractivity contribution >= 4 is 54.8 Å². The van der Waals surface area contributed by atoms with Crippen molar-refractivity contribution < 1.29 is 0 Å². The molecule has 0 nitrogen and oxygen atoms in total. The SMILES string of the molecule is Cc1sc(Br)c(Br)c1Cl. The van der Waals surface area contributed by atoms with Crippen molar-refractivity contribution in [3.05, 3.63) is 18.2 Å². The van der Waals surface area contributed by atoms with Crippen LogP contribution < -0.4 is 0 Å². The largest absolute Gasteiger partial charge is 0.131 e. The summed E-state index contributed by atoms with van der Waals surface area (Å²) in [6.07, 6.45) is 0. The van der Waals surface area contributed by atoms with Crippen LogP contribution in [0.1, 0.15) is 4.88 Å². The Labute approximate surface area is 79.5 Å². The summed E-state index contributed by atoms with van der Waals surface area (Å²) in [5.74, 6) is 0. The normalized spacial score (nSPS) is 10.2. The fraction of sp³-hybridized carbons (Fsp3) is 0.200. The van der Waals surface area contributed by atoms with Gasteiger partial charge in [0.15, 0.2) is 0 Å². The zero-order valence-corrected chi connectivity index (χ0v) is 9.29. The van der Waals surface area contributed by atoms with E-state index in [2.05, 4.69) is 31.9 Å². The van der Waals surface area contributed by atoms with E-state index in [-0.39, 0.29) is 0 Å². The Morgan fingerprint density at radius 1 is 1.44 bits per heavy atom. The van der Waals surface area contributed by atoms with E-state index in [0.717, 1.165) is 18.2 Å². The number of rotatable bonds is 0. The fourth-order valence-electron chi connectivity index (χ4n) is 0.465. The molecule has 9 heavy (non-hydrogen) atoms. The van der Waals surface area contributed by atoms with E-state index in [1.807, 2.05) is 6.92 Å². The summed E-state index contributed by atoms with van der Waals surface area (Å²) in [7, 11) is 0. The highest BCUT2D eigenvalue weighted by Gasteiger charge is 2.07. The fourth-order valence-corrected chi connectivity index (χ4v) is 3.10. The molecule has 1 rings (SSSR count). The molecule has 0 spiro atoms. The highest BCUT2D eigenvalue weighted by atomic mass is 79.9. The highest BCUT2D eigenvalue weighted by molar-refractivity contribution is 9.13. The molecule has 0 aromatic carbocycles. The van der Waals surface area contributed by atoms with Gasteiger partial charge in [0.05, 0.1) is 13.3 Å². The van der Waals surface area contributed by atoms with E-state index in [0.29, 0.717) is 0 Å². The zero-order chi connectivity index (χ0) is 7.02. The topological polar surface area (TPSA) is 0 Å². The van der Waals surface area contributed by atoms with E-state index in [1.54, 1.807) is 11.3 Å². The number of hydrogen-bond acceptors (Lipinski definition) is 1. The predicted molar refractivity (Wildman–Crippen MR) is 49.5 cm³/mol. The van der Waals surface area contributed by atoms with Gasteiger partial charge in [0.1, 0.15) is 0 Å². The van der Waals surface area contributed by atoms with Crippen LogP contribution in [0.5, 0.6) is 0 Å². The molecule has 1 aromatic rings. The molecule has 1 aromatic heterocycles. The van der Waals surface area contributed by atoms with Gasteiger partial charge in [-0.3, -0.25) is 0 Å². The summed E-state index contributed by atoms with van der Waals surface area (Å²) in [4.78, 5) is 1.13. The number of halogens is 3. The minimum Gasteiger partial charge on any atom is -0.131 e. The van der Waals surface area contributed by atoms with E-state index in [1.165, 1.54) is 0 Å². The average molecular weight is 290 g/mol. The maximum atomic E-state index is 5.83. The second-order valence-corrected chi connectivity index (χ2v) is 5.27. The van der Waals surface area contributed by atoms with Crippen LogP contribution in [0.3, 0.4) is 0 Å². The molecule has 4 heteroatoms. The minimum atomic E-state index is 0.812. The Bertz CT molecular complexity index is 209. The van der Waals surface area contributed by atoms with Crippen molar-refractivity contribution in [1.82, 2.24) is 0 Å². The monoisotopic (exact) mass is 288 g/mol. The van der Waals surface area contributed by atoms with Crippen LogP contribution in [0, 0.1) is 6.92 Å². The Hall–Kier alpha value is 0.950. The molecular weight excluding hydrogens is 287 g/mol. The summed E-state index contributed by atoms with van der Waals surface area (Å²) >= 11 is 14.2. The number of hydrogen-bond donors (Lipinski definition) is 0. The van der Waals surface area contributed by atoms with Crippen LogP contribution in [0.25, 0.3) is 0 Å². The lowest BCUT2D eigenvalue weighted by atomic mass is 10.5. The molecule has 0 atom stereocenters. The number of aryl methyl sites for hydroxylation is 1. The van der Waals surface area contributed by atoms with Crippen molar-refractivity contribution in [1.29, 1.82) is 0 Å². The molecule has 0 unspecified atom stereocenters. The zero-order valence-electron chi connectivity index (χ0n) is 4.54. The molecule has 0 aliphatic carbocycles. The third-order valence-corrected chi connectivity index (χ3v) is 5.09. The van der Waals surface area contributed by atoms with E-state index < -0.39 is 0 Å². The van der Waals surface area contributed by atoms with Crippen molar-refractivity contribution in [2.75, 3.05) is 0 Å². The van der Waals surface area contributed by atoms with Crippen LogP contribution in [0.4, 0.5) is 0 Å². The molecule has 0 bridgehead atoms. The van der Waals surface area contributed by atoms with Gasteiger partial charge in [-0.2, -0.15) is 0 Å². The molecule has 0 saturated heterocycles. The first-order valence-electron chi connectivity index (χ1n) is 2.23. The molecule has 0 aliphatic heterocycles. The second kappa shape index (κ2) is 2.91. The van der Waals surface area contributed by atoms with Gasteiger partial charge in [-0.1, -0.05) is 11.6 Å². The van der Waals surface area contributed by atoms with Crippen molar-refractivity contribution in [2.24, 2.45) is 0 Å². The standard InChI is InChI=1S/C5H3Br2ClS/c1-2-4(8)3(6)5(7)9-2/h1H3. The first-order valence-corrected chi connectivity index (χ1v) is 5.01. The Morgan fingerprint density at radius 3 is 2.11 bits per heavy atom. The Kier molecular flexibility index (Phi) is 2.60. The molecule has 0 N–H and O–H groups in total. The molecule has 0 aliphatic rings. The van der Waals surface area contributed by atoms with Gasteiger partial charge >= 0.3 is 0 Å². The molecule has 50 valence electrons. The first kappa shape index (κ1) is 8.05. The second-order valence-electron chi connectivity index (χ2n) is 1.56. The summed E-state index contributed by atoms with van der Waals surface area (Å²) in [6.45, 7) is 1.99. The predicted octanol–water partition coefficient (Wildman–Crippen LogP) is 4.23. The van der Waals surface area contributed by atoms with Crippen molar-refractivity contribution in [3.63, 3.8) is 0 Å². The number of thiophene rings is 1. The maximum Gasteiger partial charge on any atom is 0.0858 e. The van der Waals surface area contributed by atoms with Crippen LogP contribution >= 0.6 is 54.8 Å². The van der Waals surface area contributed by atoms with Crippen LogP contribution in [0.15, 0.2) is 8.26 Å². The average Bonchev–Trinajstić information content (AvgIpc) is 1.98. The van der Waals surface area contributed by atoms with Crippen molar-refractivity contribution in [3.8, 4) is 0 Å². The van der Waals surface area contributed by atoms with Crippen LogP contribution in [-0.2, 0) is 0 Å². The quantitative estimate of drug-likeness (QED) is 0.670. The molecule has 0 saturated carbocycles. The lowest BCUT2D eigenvalue weighted by Gasteiger charge is -1.82. The maximum absolute atomic E-state index is 5.83. The van der Waals surface area contributed by atoms with E-state index >= 15 is 0 Å². The van der Waals surface area contributed by atoms with Gasteiger partial charge in [0.2, 0.25) is 0 Å². The summed E-state index contributed by atoms with van der Waals surface area (Å²) in [6, 6.07) is 0. The highest BCUT2D eigenvalue weighted by Crippen LogP contribution is 2.39. The van der Waals surface area contributed by atoms with Gasteiger partial charge in [-0.05, 0) is 38.8 Å². The van der Waals surface area contributed by atoms with Gasteiger partial charge in [0, 0.05) is 4.88 Å². The van der Waals surface area contributed by atoms with Gasteiger partial charge in [0.25, 0.3) is 0 Å². The molecule has 0 amide bonds. The van der Waals surface area contributed by atoms with Gasteiger partial charge in [-0.25, -0.2) is 0 Å². The van der Waals surface area contributed by atoms with Crippen molar-refractivity contribution in [2.45, 2.75) is 6.92 Å². The molecular formula is C5H3Br2ClS. The lowest BCUT2D eigenvalue weighted by Crippen LogP contribution is -1.58. The molecule has 0 fully saturated rings.